The topological polar surface area (TPSA) is 92.5 Å². The van der Waals surface area contributed by atoms with Crippen molar-refractivity contribution in [1.82, 2.24) is 20.4 Å². The van der Waals surface area contributed by atoms with Gasteiger partial charge < -0.3 is 24.8 Å². The average molecular weight is 452 g/mol. The van der Waals surface area contributed by atoms with Crippen LogP contribution >= 0.6 is 12.2 Å². The second-order valence-electron chi connectivity index (χ2n) is 7.48. The van der Waals surface area contributed by atoms with E-state index < -0.39 is 0 Å². The van der Waals surface area contributed by atoms with Gasteiger partial charge in [0.15, 0.2) is 5.11 Å². The number of ether oxygens (including phenoxy) is 1. The van der Waals surface area contributed by atoms with Crippen LogP contribution in [0.1, 0.15) is 35.5 Å². The number of benzene rings is 2. The highest BCUT2D eigenvalue weighted by Crippen LogP contribution is 2.21. The standard InChI is InChI=1S/C23H25N5O3S/c1-30-19-7-5-6-17(14-19)21-26-20(31-27-21)15-24-23(32)25-18-10-8-16(9-11-18)22(29)28-12-3-2-4-13-28/h5-11,14H,2-4,12-13,15H2,1H3,(H2,24,25,32). The Morgan fingerprint density at radius 1 is 1.16 bits per heavy atom. The summed E-state index contributed by atoms with van der Waals surface area (Å²) < 4.78 is 10.5. The fraction of sp³-hybridized carbons (Fsp3) is 0.304. The Labute approximate surface area is 192 Å². The molecule has 1 amide bonds. The maximum Gasteiger partial charge on any atom is 0.253 e. The summed E-state index contributed by atoms with van der Waals surface area (Å²) >= 11 is 5.35. The van der Waals surface area contributed by atoms with Gasteiger partial charge in [-0.2, -0.15) is 4.98 Å². The predicted molar refractivity (Wildman–Crippen MR) is 126 cm³/mol. The summed E-state index contributed by atoms with van der Waals surface area (Å²) in [6, 6.07) is 14.8. The lowest BCUT2D eigenvalue weighted by Gasteiger charge is -2.26. The van der Waals surface area contributed by atoms with Gasteiger partial charge in [0.1, 0.15) is 5.75 Å². The fourth-order valence-corrected chi connectivity index (χ4v) is 3.70. The van der Waals surface area contributed by atoms with Crippen LogP contribution in [0, 0.1) is 0 Å². The van der Waals surface area contributed by atoms with Crippen LogP contribution in [-0.4, -0.2) is 46.3 Å². The zero-order chi connectivity index (χ0) is 22.3. The number of likely N-dealkylation sites (tertiary alicyclic amines) is 1. The number of hydrogen-bond acceptors (Lipinski definition) is 6. The first-order valence-electron chi connectivity index (χ1n) is 10.5. The first-order valence-corrected chi connectivity index (χ1v) is 10.9. The lowest BCUT2D eigenvalue weighted by atomic mass is 10.1. The van der Waals surface area contributed by atoms with Gasteiger partial charge in [-0.15, -0.1) is 0 Å². The van der Waals surface area contributed by atoms with E-state index in [1.807, 2.05) is 53.4 Å². The number of hydrogen-bond donors (Lipinski definition) is 2. The zero-order valence-corrected chi connectivity index (χ0v) is 18.7. The molecule has 1 aliphatic rings. The highest BCUT2D eigenvalue weighted by molar-refractivity contribution is 7.80. The highest BCUT2D eigenvalue weighted by Gasteiger charge is 2.18. The summed E-state index contributed by atoms with van der Waals surface area (Å²) in [5.74, 6) is 1.70. The van der Waals surface area contributed by atoms with E-state index in [1.165, 1.54) is 6.42 Å². The summed E-state index contributed by atoms with van der Waals surface area (Å²) in [4.78, 5) is 18.9. The van der Waals surface area contributed by atoms with Gasteiger partial charge in [-0.25, -0.2) is 0 Å². The minimum Gasteiger partial charge on any atom is -0.497 e. The van der Waals surface area contributed by atoms with Crippen LogP contribution in [0.5, 0.6) is 5.75 Å². The van der Waals surface area contributed by atoms with E-state index in [4.69, 9.17) is 21.5 Å². The number of thiocarbonyl (C=S) groups is 1. The van der Waals surface area contributed by atoms with Gasteiger partial charge in [-0.1, -0.05) is 17.3 Å². The van der Waals surface area contributed by atoms with E-state index in [2.05, 4.69) is 20.8 Å². The molecule has 0 spiro atoms. The van der Waals surface area contributed by atoms with Crippen LogP contribution < -0.4 is 15.4 Å². The van der Waals surface area contributed by atoms with Crippen molar-refractivity contribution in [3.8, 4) is 17.1 Å². The van der Waals surface area contributed by atoms with E-state index in [1.54, 1.807) is 7.11 Å². The maximum atomic E-state index is 12.6. The monoisotopic (exact) mass is 451 g/mol. The molecule has 4 rings (SSSR count). The highest BCUT2D eigenvalue weighted by atomic mass is 32.1. The molecule has 3 aromatic rings. The second-order valence-corrected chi connectivity index (χ2v) is 7.89. The van der Waals surface area contributed by atoms with Crippen LogP contribution in [0.15, 0.2) is 53.1 Å². The Kier molecular flexibility index (Phi) is 6.96. The molecule has 0 saturated carbocycles. The number of aromatic nitrogens is 2. The molecule has 1 saturated heterocycles. The third kappa shape index (κ3) is 5.42. The van der Waals surface area contributed by atoms with E-state index >= 15 is 0 Å². The summed E-state index contributed by atoms with van der Waals surface area (Å²) in [5, 5.41) is 10.6. The number of methoxy groups -OCH3 is 1. The van der Waals surface area contributed by atoms with Crippen molar-refractivity contribution < 1.29 is 14.1 Å². The molecule has 0 bridgehead atoms. The Morgan fingerprint density at radius 2 is 1.94 bits per heavy atom. The predicted octanol–water partition coefficient (Wildman–Crippen LogP) is 3.86. The van der Waals surface area contributed by atoms with Crippen molar-refractivity contribution in [3.63, 3.8) is 0 Å². The van der Waals surface area contributed by atoms with Gasteiger partial charge in [0, 0.05) is 29.9 Å². The molecule has 0 atom stereocenters. The Hall–Kier alpha value is -3.46. The van der Waals surface area contributed by atoms with Crippen molar-refractivity contribution in [2.75, 3.05) is 25.5 Å². The van der Waals surface area contributed by atoms with Gasteiger partial charge in [-0.05, 0) is 67.9 Å². The van der Waals surface area contributed by atoms with Crippen LogP contribution in [0.3, 0.4) is 0 Å². The fourth-order valence-electron chi connectivity index (χ4n) is 3.51. The SMILES string of the molecule is COc1cccc(-c2noc(CNC(=S)Nc3ccc(C(=O)N4CCCCC4)cc3)n2)c1. The van der Waals surface area contributed by atoms with Crippen LogP contribution in [-0.2, 0) is 6.54 Å². The Balaban J connectivity index is 1.28. The van der Waals surface area contributed by atoms with E-state index in [0.29, 0.717) is 22.4 Å². The van der Waals surface area contributed by atoms with E-state index in [-0.39, 0.29) is 12.5 Å². The van der Waals surface area contributed by atoms with Crippen molar-refractivity contribution in [3.05, 3.63) is 60.0 Å². The number of nitrogens with one attached hydrogen (secondary N) is 2. The second kappa shape index (κ2) is 10.2. The molecular formula is C23H25N5O3S. The number of carbonyl (C=O) groups is 1. The quantitative estimate of drug-likeness (QED) is 0.546. The summed E-state index contributed by atoms with van der Waals surface area (Å²) in [6.45, 7) is 1.96. The minimum absolute atomic E-state index is 0.0835. The third-order valence-corrected chi connectivity index (χ3v) is 5.48. The van der Waals surface area contributed by atoms with Crippen LogP contribution in [0.25, 0.3) is 11.4 Å². The van der Waals surface area contributed by atoms with Crippen LogP contribution in [0.2, 0.25) is 0 Å². The average Bonchev–Trinajstić information content (AvgIpc) is 3.33. The van der Waals surface area contributed by atoms with Gasteiger partial charge >= 0.3 is 0 Å². The van der Waals surface area contributed by atoms with Crippen molar-refractivity contribution in [2.24, 2.45) is 0 Å². The van der Waals surface area contributed by atoms with E-state index in [9.17, 15) is 4.79 Å². The number of amides is 1. The summed E-state index contributed by atoms with van der Waals surface area (Å²) in [6.07, 6.45) is 3.35. The number of anilines is 1. The van der Waals surface area contributed by atoms with Crippen molar-refractivity contribution in [1.29, 1.82) is 0 Å². The molecule has 2 N–H and O–H groups in total. The molecule has 1 aromatic heterocycles. The first-order chi connectivity index (χ1) is 15.6. The molecule has 0 radical (unpaired) electrons. The molecular weight excluding hydrogens is 426 g/mol. The molecule has 0 aliphatic carbocycles. The van der Waals surface area contributed by atoms with Crippen LogP contribution in [0.4, 0.5) is 5.69 Å². The van der Waals surface area contributed by atoms with Gasteiger partial charge in [0.05, 0.1) is 13.7 Å². The normalized spacial score (nSPS) is 13.5. The Morgan fingerprint density at radius 3 is 2.69 bits per heavy atom. The van der Waals surface area contributed by atoms with Crippen molar-refractivity contribution in [2.45, 2.75) is 25.8 Å². The zero-order valence-electron chi connectivity index (χ0n) is 17.8. The Bertz CT molecular complexity index is 1080. The van der Waals surface area contributed by atoms with Gasteiger partial charge in [0.25, 0.3) is 5.91 Å². The molecule has 9 heteroatoms. The number of carbonyl (C=O) groups excluding carboxylic acids is 1. The maximum absolute atomic E-state index is 12.6. The third-order valence-electron chi connectivity index (χ3n) is 5.23. The molecule has 8 nitrogen and oxygen atoms in total. The number of piperidine rings is 1. The number of nitrogens with zero attached hydrogens (tertiary/aromatic N) is 3. The minimum atomic E-state index is 0.0835. The molecule has 1 fully saturated rings. The molecule has 166 valence electrons. The lowest BCUT2D eigenvalue weighted by molar-refractivity contribution is 0.0724. The molecule has 0 unspecified atom stereocenters. The van der Waals surface area contributed by atoms with Crippen molar-refractivity contribution >= 4 is 28.9 Å². The smallest absolute Gasteiger partial charge is 0.253 e. The molecule has 1 aliphatic heterocycles. The first kappa shape index (κ1) is 21.8. The number of rotatable bonds is 6. The lowest BCUT2D eigenvalue weighted by Crippen LogP contribution is -2.35. The molecule has 2 heterocycles. The van der Waals surface area contributed by atoms with E-state index in [0.717, 1.165) is 42.9 Å². The molecule has 32 heavy (non-hydrogen) atoms. The summed E-state index contributed by atoms with van der Waals surface area (Å²) in [7, 11) is 1.61. The largest absolute Gasteiger partial charge is 0.497 e. The summed E-state index contributed by atoms with van der Waals surface area (Å²) in [5.41, 5.74) is 2.28. The van der Waals surface area contributed by atoms with Gasteiger partial charge in [-0.3, -0.25) is 4.79 Å². The molecule has 2 aromatic carbocycles. The van der Waals surface area contributed by atoms with Gasteiger partial charge in [0.2, 0.25) is 11.7 Å².